The molecule has 25 heavy (non-hydrogen) atoms. The molecule has 6 heteroatoms. The average Bonchev–Trinajstić information content (AvgIpc) is 2.54. The van der Waals surface area contributed by atoms with Crippen LogP contribution in [-0.2, 0) is 4.74 Å². The lowest BCUT2D eigenvalue weighted by Gasteiger charge is -2.35. The minimum atomic E-state index is -0.434. The van der Waals surface area contributed by atoms with Crippen LogP contribution in [-0.4, -0.2) is 80.4 Å². The molecule has 2 unspecified atom stereocenters. The molecule has 1 aliphatic heterocycles. The zero-order valence-electron chi connectivity index (χ0n) is 16.6. The van der Waals surface area contributed by atoms with Gasteiger partial charge < -0.3 is 20.3 Å². The molecule has 0 aromatic rings. The fourth-order valence-corrected chi connectivity index (χ4v) is 3.73. The van der Waals surface area contributed by atoms with Gasteiger partial charge >= 0.3 is 6.09 Å². The fraction of sp³-hybridized carbons (Fsp3) is 0.947. The highest BCUT2D eigenvalue weighted by Gasteiger charge is 2.26. The van der Waals surface area contributed by atoms with Crippen LogP contribution < -0.4 is 10.6 Å². The number of hydrogen-bond donors (Lipinski definition) is 2. The summed E-state index contributed by atoms with van der Waals surface area (Å²) in [4.78, 5) is 16.8. The maximum Gasteiger partial charge on any atom is 0.407 e. The first kappa shape index (κ1) is 20.5. The number of alkyl carbamates (subject to hydrolysis) is 1. The van der Waals surface area contributed by atoms with Crippen LogP contribution in [0.4, 0.5) is 4.79 Å². The second-order valence-corrected chi connectivity index (χ2v) is 8.63. The monoisotopic (exact) mass is 354 g/mol. The molecule has 0 aromatic carbocycles. The van der Waals surface area contributed by atoms with Crippen molar-refractivity contribution in [2.24, 2.45) is 5.92 Å². The van der Waals surface area contributed by atoms with E-state index in [1.807, 2.05) is 20.8 Å². The number of likely N-dealkylation sites (N-methyl/N-ethyl adjacent to an activating group) is 1. The third-order valence-corrected chi connectivity index (χ3v) is 5.25. The third-order valence-electron chi connectivity index (χ3n) is 5.25. The van der Waals surface area contributed by atoms with Crippen molar-refractivity contribution in [3.8, 4) is 0 Å². The number of amides is 1. The highest BCUT2D eigenvalue weighted by molar-refractivity contribution is 5.67. The molecular formula is C19H38N4O2. The van der Waals surface area contributed by atoms with Gasteiger partial charge in [-0.15, -0.1) is 0 Å². The summed E-state index contributed by atoms with van der Waals surface area (Å²) in [5.41, 5.74) is -0.434. The van der Waals surface area contributed by atoms with Crippen LogP contribution >= 0.6 is 0 Å². The Morgan fingerprint density at radius 1 is 1.12 bits per heavy atom. The van der Waals surface area contributed by atoms with E-state index in [9.17, 15) is 4.79 Å². The van der Waals surface area contributed by atoms with E-state index in [1.165, 1.54) is 51.9 Å². The third kappa shape index (κ3) is 7.92. The molecule has 2 aliphatic rings. The van der Waals surface area contributed by atoms with E-state index in [2.05, 4.69) is 27.5 Å². The first-order valence-corrected chi connectivity index (χ1v) is 9.94. The molecule has 2 fully saturated rings. The van der Waals surface area contributed by atoms with Crippen molar-refractivity contribution in [1.82, 2.24) is 20.4 Å². The van der Waals surface area contributed by atoms with Gasteiger partial charge in [0.2, 0.25) is 0 Å². The Kier molecular flexibility index (Phi) is 7.97. The largest absolute Gasteiger partial charge is 0.444 e. The van der Waals surface area contributed by atoms with Gasteiger partial charge in [0, 0.05) is 51.9 Å². The van der Waals surface area contributed by atoms with E-state index in [0.29, 0.717) is 18.5 Å². The van der Waals surface area contributed by atoms with E-state index in [4.69, 9.17) is 4.74 Å². The molecule has 0 spiro atoms. The van der Waals surface area contributed by atoms with Crippen molar-refractivity contribution in [2.45, 2.75) is 58.1 Å². The van der Waals surface area contributed by atoms with E-state index in [-0.39, 0.29) is 6.09 Å². The number of nitrogens with one attached hydrogen (secondary N) is 2. The van der Waals surface area contributed by atoms with Gasteiger partial charge in [-0.25, -0.2) is 4.79 Å². The van der Waals surface area contributed by atoms with Gasteiger partial charge in [0.15, 0.2) is 0 Å². The van der Waals surface area contributed by atoms with Crippen molar-refractivity contribution < 1.29 is 9.53 Å². The lowest BCUT2D eigenvalue weighted by Crippen LogP contribution is -2.49. The molecule has 1 saturated carbocycles. The van der Waals surface area contributed by atoms with E-state index >= 15 is 0 Å². The van der Waals surface area contributed by atoms with Gasteiger partial charge in [-0.1, -0.05) is 12.8 Å². The Balaban J connectivity index is 1.68. The lowest BCUT2D eigenvalue weighted by molar-refractivity contribution is 0.0510. The van der Waals surface area contributed by atoms with Crippen molar-refractivity contribution in [2.75, 3.05) is 52.9 Å². The number of piperazine rings is 1. The van der Waals surface area contributed by atoms with E-state index in [1.54, 1.807) is 0 Å². The van der Waals surface area contributed by atoms with Crippen molar-refractivity contribution >= 4 is 6.09 Å². The van der Waals surface area contributed by atoms with Crippen LogP contribution in [0.15, 0.2) is 0 Å². The molecule has 0 aromatic heterocycles. The summed E-state index contributed by atoms with van der Waals surface area (Å²) in [5, 5.41) is 6.72. The molecule has 1 heterocycles. The van der Waals surface area contributed by atoms with Crippen LogP contribution in [0.2, 0.25) is 0 Å². The molecule has 0 bridgehead atoms. The quantitative estimate of drug-likeness (QED) is 0.763. The zero-order chi connectivity index (χ0) is 18.3. The maximum absolute atomic E-state index is 11.9. The molecule has 0 radical (unpaired) electrons. The van der Waals surface area contributed by atoms with E-state index < -0.39 is 5.60 Å². The molecule has 1 amide bonds. The molecule has 2 atom stereocenters. The zero-order valence-corrected chi connectivity index (χ0v) is 16.6. The van der Waals surface area contributed by atoms with Gasteiger partial charge in [0.25, 0.3) is 0 Å². The second-order valence-electron chi connectivity index (χ2n) is 8.63. The summed E-state index contributed by atoms with van der Waals surface area (Å²) in [5.74, 6) is 0.508. The molecule has 146 valence electrons. The topological polar surface area (TPSA) is 56.8 Å². The Morgan fingerprint density at radius 2 is 1.80 bits per heavy atom. The standard InChI is InChI=1S/C19H38N4O2/c1-19(2,3)25-18(24)21-15-16-7-5-6-8-17(16)20-9-10-23-13-11-22(4)12-14-23/h16-17,20H,5-15H2,1-4H3,(H,21,24). The van der Waals surface area contributed by atoms with Gasteiger partial charge in [0.1, 0.15) is 5.60 Å². The van der Waals surface area contributed by atoms with Gasteiger partial charge in [-0.3, -0.25) is 4.90 Å². The van der Waals surface area contributed by atoms with Crippen LogP contribution in [0.5, 0.6) is 0 Å². The SMILES string of the molecule is CN1CCN(CCNC2CCCCC2CNC(=O)OC(C)(C)C)CC1. The normalized spacial score (nSPS) is 26.4. The summed E-state index contributed by atoms with van der Waals surface area (Å²) in [7, 11) is 2.19. The highest BCUT2D eigenvalue weighted by atomic mass is 16.6. The van der Waals surface area contributed by atoms with E-state index in [0.717, 1.165) is 13.1 Å². The number of nitrogens with zero attached hydrogens (tertiary/aromatic N) is 2. The average molecular weight is 355 g/mol. The van der Waals surface area contributed by atoms with Gasteiger partial charge in [-0.05, 0) is 46.6 Å². The van der Waals surface area contributed by atoms with Crippen LogP contribution in [0, 0.1) is 5.92 Å². The van der Waals surface area contributed by atoms with Crippen molar-refractivity contribution in [1.29, 1.82) is 0 Å². The van der Waals surface area contributed by atoms with Crippen molar-refractivity contribution in [3.05, 3.63) is 0 Å². The molecule has 1 aliphatic carbocycles. The number of carbonyl (C=O) groups is 1. The second kappa shape index (κ2) is 9.74. The number of hydrogen-bond acceptors (Lipinski definition) is 5. The van der Waals surface area contributed by atoms with Gasteiger partial charge in [0.05, 0.1) is 0 Å². The molecule has 2 rings (SSSR count). The Morgan fingerprint density at radius 3 is 2.48 bits per heavy atom. The first-order chi connectivity index (χ1) is 11.8. The smallest absolute Gasteiger partial charge is 0.407 e. The minimum Gasteiger partial charge on any atom is -0.444 e. The van der Waals surface area contributed by atoms with Crippen LogP contribution in [0.1, 0.15) is 46.5 Å². The Bertz CT molecular complexity index is 403. The summed E-state index contributed by atoms with van der Waals surface area (Å²) in [6.45, 7) is 13.3. The molecule has 6 nitrogen and oxygen atoms in total. The first-order valence-electron chi connectivity index (χ1n) is 9.94. The summed E-state index contributed by atoms with van der Waals surface area (Å²) >= 11 is 0. The maximum atomic E-state index is 11.9. The predicted molar refractivity (Wildman–Crippen MR) is 102 cm³/mol. The van der Waals surface area contributed by atoms with Crippen molar-refractivity contribution in [3.63, 3.8) is 0 Å². The minimum absolute atomic E-state index is 0.297. The summed E-state index contributed by atoms with van der Waals surface area (Å²) in [6.07, 6.45) is 4.65. The predicted octanol–water partition coefficient (Wildman–Crippen LogP) is 1.91. The molecule has 1 saturated heterocycles. The summed E-state index contributed by atoms with van der Waals surface area (Å²) in [6, 6.07) is 0.510. The Hall–Kier alpha value is -0.850. The number of ether oxygens (including phenoxy) is 1. The Labute approximate surface area is 153 Å². The lowest BCUT2D eigenvalue weighted by atomic mass is 9.84. The number of carbonyl (C=O) groups excluding carboxylic acids is 1. The van der Waals surface area contributed by atoms with Gasteiger partial charge in [-0.2, -0.15) is 0 Å². The fourth-order valence-electron chi connectivity index (χ4n) is 3.73. The summed E-state index contributed by atoms with van der Waals surface area (Å²) < 4.78 is 5.35. The molecular weight excluding hydrogens is 316 g/mol. The van der Waals surface area contributed by atoms with Crippen LogP contribution in [0.25, 0.3) is 0 Å². The molecule has 2 N–H and O–H groups in total. The number of rotatable bonds is 6. The van der Waals surface area contributed by atoms with Crippen LogP contribution in [0.3, 0.4) is 0 Å². The highest BCUT2D eigenvalue weighted by Crippen LogP contribution is 2.24.